The van der Waals surface area contributed by atoms with Crippen molar-refractivity contribution in [3.63, 3.8) is 0 Å². The van der Waals surface area contributed by atoms with E-state index in [4.69, 9.17) is 5.11 Å². The van der Waals surface area contributed by atoms with Gasteiger partial charge < -0.3 is 15.1 Å². The molecule has 1 aliphatic heterocycles. The number of aromatic carboxylic acids is 1. The zero-order valence-corrected chi connectivity index (χ0v) is 19.1. The minimum Gasteiger partial charge on any atom is -0.477 e. The number of anilines is 1. The summed E-state index contributed by atoms with van der Waals surface area (Å²) in [7, 11) is 0. The Morgan fingerprint density at radius 2 is 1.90 bits per heavy atom. The fourth-order valence-electron chi connectivity index (χ4n) is 4.30. The number of carbonyl (C=O) groups is 2. The van der Waals surface area contributed by atoms with Gasteiger partial charge in [-0.1, -0.05) is 44.7 Å². The van der Waals surface area contributed by atoms with Crippen LogP contribution in [-0.4, -0.2) is 28.1 Å². The van der Waals surface area contributed by atoms with E-state index in [0.29, 0.717) is 11.3 Å². The van der Waals surface area contributed by atoms with Crippen molar-refractivity contribution in [2.45, 2.75) is 83.3 Å². The quantitative estimate of drug-likeness (QED) is 0.396. The van der Waals surface area contributed by atoms with E-state index >= 15 is 0 Å². The predicted octanol–water partition coefficient (Wildman–Crippen LogP) is 5.97. The number of hydrogen-bond acceptors (Lipinski definition) is 4. The van der Waals surface area contributed by atoms with E-state index in [-0.39, 0.29) is 11.9 Å². The lowest BCUT2D eigenvalue weighted by molar-refractivity contribution is -0.117. The Balaban J connectivity index is 1.54. The normalized spacial score (nSPS) is 17.3. The number of nitrogens with zero attached hydrogens (tertiary/aromatic N) is 1. The number of unbranched alkanes of at least 4 members (excludes halogenated alkanes) is 3. The molecular weight excluding hydrogens is 410 g/mol. The van der Waals surface area contributed by atoms with Crippen LogP contribution in [0.2, 0.25) is 0 Å². The average Bonchev–Trinajstić information content (AvgIpc) is 3.38. The molecule has 1 aromatic carbocycles. The van der Waals surface area contributed by atoms with Crippen LogP contribution in [0.1, 0.15) is 90.9 Å². The van der Waals surface area contributed by atoms with Crippen LogP contribution >= 0.6 is 11.3 Å². The van der Waals surface area contributed by atoms with E-state index in [1.807, 2.05) is 35.2 Å². The van der Waals surface area contributed by atoms with Crippen molar-refractivity contribution in [2.75, 3.05) is 4.90 Å². The molecule has 0 bridgehead atoms. The molecule has 1 fully saturated rings. The summed E-state index contributed by atoms with van der Waals surface area (Å²) >= 11 is 1.33. The Hall–Kier alpha value is -2.18. The highest BCUT2D eigenvalue weighted by molar-refractivity contribution is 7.13. The maximum atomic E-state index is 12.5. The first-order chi connectivity index (χ1) is 15.0. The monoisotopic (exact) mass is 443 g/mol. The number of aliphatic hydroxyl groups is 1. The largest absolute Gasteiger partial charge is 0.477 e. The minimum absolute atomic E-state index is 0.155. The number of carboxylic acid groups (broad SMARTS) is 1. The van der Waals surface area contributed by atoms with E-state index in [1.54, 1.807) is 6.07 Å². The Kier molecular flexibility index (Phi) is 8.67. The molecule has 0 saturated carbocycles. The number of benzene rings is 1. The Morgan fingerprint density at radius 3 is 2.58 bits per heavy atom. The van der Waals surface area contributed by atoms with E-state index in [2.05, 4.69) is 6.92 Å². The second kappa shape index (κ2) is 11.4. The molecule has 2 N–H and O–H groups in total. The van der Waals surface area contributed by atoms with Gasteiger partial charge in [-0.15, -0.1) is 11.3 Å². The summed E-state index contributed by atoms with van der Waals surface area (Å²) in [5.41, 5.74) is 1.81. The van der Waals surface area contributed by atoms with Gasteiger partial charge in [-0.05, 0) is 61.9 Å². The highest BCUT2D eigenvalue weighted by atomic mass is 32.1. The number of thiophene rings is 1. The van der Waals surface area contributed by atoms with Crippen molar-refractivity contribution in [3.05, 3.63) is 51.7 Å². The minimum atomic E-state index is -0.877. The highest BCUT2D eigenvalue weighted by Gasteiger charge is 2.31. The van der Waals surface area contributed by atoms with E-state index in [1.165, 1.54) is 24.2 Å². The van der Waals surface area contributed by atoms with Gasteiger partial charge in [0.15, 0.2) is 0 Å². The van der Waals surface area contributed by atoms with Crippen LogP contribution in [0.25, 0.3) is 0 Å². The van der Waals surface area contributed by atoms with Crippen molar-refractivity contribution < 1.29 is 19.8 Å². The zero-order chi connectivity index (χ0) is 22.2. The molecule has 1 saturated heterocycles. The third-order valence-electron chi connectivity index (χ3n) is 6.05. The molecule has 6 heteroatoms. The second-order valence-corrected chi connectivity index (χ2v) is 9.54. The molecule has 0 unspecified atom stereocenters. The third-order valence-corrected chi connectivity index (χ3v) is 7.18. The SMILES string of the molecule is CCCCCC[C@H](O)c1ccc(N2C(=O)CC[C@@H]2CCCc2ccc(C(=O)O)s2)cc1. The van der Waals surface area contributed by atoms with Gasteiger partial charge in [0.1, 0.15) is 4.88 Å². The smallest absolute Gasteiger partial charge is 0.345 e. The molecule has 2 heterocycles. The molecule has 168 valence electrons. The Morgan fingerprint density at radius 1 is 1.13 bits per heavy atom. The molecule has 0 aliphatic carbocycles. The van der Waals surface area contributed by atoms with Gasteiger partial charge in [-0.3, -0.25) is 4.79 Å². The number of aryl methyl sites for hydroxylation is 1. The van der Waals surface area contributed by atoms with E-state index in [9.17, 15) is 14.7 Å². The number of rotatable bonds is 12. The summed E-state index contributed by atoms with van der Waals surface area (Å²) in [6.45, 7) is 2.18. The summed E-state index contributed by atoms with van der Waals surface area (Å²) in [6, 6.07) is 11.5. The van der Waals surface area contributed by atoms with Gasteiger partial charge in [-0.25, -0.2) is 4.79 Å². The first-order valence-corrected chi connectivity index (χ1v) is 12.2. The fraction of sp³-hybridized carbons (Fsp3) is 0.520. The molecule has 2 atom stereocenters. The summed E-state index contributed by atoms with van der Waals surface area (Å²) in [5.74, 6) is -0.722. The predicted molar refractivity (Wildman–Crippen MR) is 125 cm³/mol. The summed E-state index contributed by atoms with van der Waals surface area (Å²) in [4.78, 5) is 26.9. The van der Waals surface area contributed by atoms with Crippen LogP contribution in [0.15, 0.2) is 36.4 Å². The summed E-state index contributed by atoms with van der Waals surface area (Å²) < 4.78 is 0. The van der Waals surface area contributed by atoms with Crippen LogP contribution in [0.3, 0.4) is 0 Å². The molecule has 1 amide bonds. The van der Waals surface area contributed by atoms with Crippen LogP contribution in [0.5, 0.6) is 0 Å². The summed E-state index contributed by atoms with van der Waals surface area (Å²) in [5, 5.41) is 19.5. The molecule has 0 radical (unpaired) electrons. The molecule has 2 aromatic rings. The number of carbonyl (C=O) groups excluding carboxylic acids is 1. The lowest BCUT2D eigenvalue weighted by atomic mass is 10.0. The van der Waals surface area contributed by atoms with Gasteiger partial charge in [-0.2, -0.15) is 0 Å². The van der Waals surface area contributed by atoms with Crippen molar-refractivity contribution in [1.82, 2.24) is 0 Å². The highest BCUT2D eigenvalue weighted by Crippen LogP contribution is 2.31. The summed E-state index contributed by atoms with van der Waals surface area (Å²) in [6.07, 6.45) is 8.97. The molecule has 3 rings (SSSR count). The number of aliphatic hydroxyl groups excluding tert-OH is 1. The van der Waals surface area contributed by atoms with E-state index < -0.39 is 12.1 Å². The van der Waals surface area contributed by atoms with Crippen molar-refractivity contribution in [1.29, 1.82) is 0 Å². The molecule has 31 heavy (non-hydrogen) atoms. The lowest BCUT2D eigenvalue weighted by Gasteiger charge is -2.25. The molecule has 5 nitrogen and oxygen atoms in total. The number of carboxylic acids is 1. The first-order valence-electron chi connectivity index (χ1n) is 11.4. The van der Waals surface area contributed by atoms with Crippen LogP contribution in [0, 0.1) is 0 Å². The van der Waals surface area contributed by atoms with Crippen molar-refractivity contribution >= 4 is 28.9 Å². The van der Waals surface area contributed by atoms with E-state index in [0.717, 1.165) is 61.1 Å². The topological polar surface area (TPSA) is 77.8 Å². The zero-order valence-electron chi connectivity index (χ0n) is 18.3. The van der Waals surface area contributed by atoms with Crippen molar-refractivity contribution in [3.8, 4) is 0 Å². The van der Waals surface area contributed by atoms with Gasteiger partial charge in [0.05, 0.1) is 6.10 Å². The van der Waals surface area contributed by atoms with Gasteiger partial charge in [0.2, 0.25) is 5.91 Å². The maximum Gasteiger partial charge on any atom is 0.345 e. The van der Waals surface area contributed by atoms with Gasteiger partial charge in [0, 0.05) is 23.0 Å². The van der Waals surface area contributed by atoms with Gasteiger partial charge >= 0.3 is 5.97 Å². The van der Waals surface area contributed by atoms with Crippen LogP contribution < -0.4 is 4.90 Å². The molecule has 1 aromatic heterocycles. The second-order valence-electron chi connectivity index (χ2n) is 8.38. The molecule has 0 spiro atoms. The average molecular weight is 444 g/mol. The van der Waals surface area contributed by atoms with Crippen LogP contribution in [0.4, 0.5) is 5.69 Å². The van der Waals surface area contributed by atoms with Crippen molar-refractivity contribution in [2.24, 2.45) is 0 Å². The van der Waals surface area contributed by atoms with Gasteiger partial charge in [0.25, 0.3) is 0 Å². The lowest BCUT2D eigenvalue weighted by Crippen LogP contribution is -2.32. The Labute approximate surface area is 188 Å². The Bertz CT molecular complexity index is 861. The fourth-order valence-corrected chi connectivity index (χ4v) is 5.19. The first kappa shape index (κ1) is 23.5. The maximum absolute atomic E-state index is 12.5. The van der Waals surface area contributed by atoms with Crippen LogP contribution in [-0.2, 0) is 11.2 Å². The molecular formula is C25H33NO4S. The standard InChI is InChI=1S/C25H33NO4S/c1-2-3-4-5-9-22(27)18-10-12-20(13-11-18)26-19(14-17-24(26)28)7-6-8-21-15-16-23(31-21)25(29)30/h10-13,15-16,19,22,27H,2-9,14,17H2,1H3,(H,29,30)/t19-,22-/m0/s1. The number of hydrogen-bond donors (Lipinski definition) is 2. The number of amides is 1. The third kappa shape index (κ3) is 6.40. The molecule has 1 aliphatic rings.